The summed E-state index contributed by atoms with van der Waals surface area (Å²) >= 11 is 3.69. The van der Waals surface area contributed by atoms with Gasteiger partial charge in [-0.05, 0) is 70.9 Å². The van der Waals surface area contributed by atoms with Crippen molar-refractivity contribution in [1.29, 1.82) is 0 Å². The Hall–Kier alpha value is -3.38. The Morgan fingerprint density at radius 3 is 2.53 bits per heavy atom. The first kappa shape index (κ1) is 22.4. The van der Waals surface area contributed by atoms with Crippen molar-refractivity contribution in [2.45, 2.75) is 33.2 Å². The van der Waals surface area contributed by atoms with E-state index in [9.17, 15) is 9.59 Å². The number of benzene rings is 2. The molecule has 0 saturated heterocycles. The molecule has 5 nitrogen and oxygen atoms in total. The third-order valence-corrected chi connectivity index (χ3v) is 7.17. The standard InChI is InChI=1S/C28H25BrN2O3/c1-3-34-28(33)26-23(29)21-14-13-20-15-22(19-7-5-4-6-8-19)27(32)30-24(20)25(21)31(26)16-18-11-9-17(2)10-12-18/h4-12,15H,3,13-14,16H2,1-2H3,(H,30,32). The molecular formula is C28H25BrN2O3. The Morgan fingerprint density at radius 1 is 1.09 bits per heavy atom. The molecule has 34 heavy (non-hydrogen) atoms. The summed E-state index contributed by atoms with van der Waals surface area (Å²) in [5, 5.41) is 0. The molecule has 2 heterocycles. The van der Waals surface area contributed by atoms with E-state index < -0.39 is 0 Å². The average molecular weight is 517 g/mol. The highest BCUT2D eigenvalue weighted by Crippen LogP contribution is 2.41. The van der Waals surface area contributed by atoms with Gasteiger partial charge in [0.15, 0.2) is 0 Å². The zero-order valence-electron chi connectivity index (χ0n) is 19.2. The van der Waals surface area contributed by atoms with Gasteiger partial charge in [0.05, 0.1) is 22.5 Å². The highest BCUT2D eigenvalue weighted by molar-refractivity contribution is 9.10. The predicted molar refractivity (Wildman–Crippen MR) is 137 cm³/mol. The van der Waals surface area contributed by atoms with E-state index in [0.29, 0.717) is 24.4 Å². The number of ether oxygens (including phenoxy) is 1. The van der Waals surface area contributed by atoms with Crippen molar-refractivity contribution in [3.8, 4) is 22.5 Å². The van der Waals surface area contributed by atoms with Gasteiger partial charge in [0.1, 0.15) is 5.69 Å². The van der Waals surface area contributed by atoms with Crippen LogP contribution in [-0.4, -0.2) is 22.1 Å². The van der Waals surface area contributed by atoms with Crippen molar-refractivity contribution in [1.82, 2.24) is 9.55 Å². The molecule has 2 aromatic heterocycles. The van der Waals surface area contributed by atoms with Crippen LogP contribution in [0.3, 0.4) is 0 Å². The van der Waals surface area contributed by atoms with Crippen LogP contribution in [0.15, 0.2) is 69.9 Å². The second-order valence-electron chi connectivity index (χ2n) is 8.56. The molecule has 4 aromatic rings. The molecule has 1 aliphatic rings. The molecule has 6 heteroatoms. The molecule has 5 rings (SSSR count). The number of nitrogens with zero attached hydrogens (tertiary/aromatic N) is 1. The molecule has 1 N–H and O–H groups in total. The van der Waals surface area contributed by atoms with Crippen LogP contribution in [0.25, 0.3) is 22.5 Å². The molecule has 0 spiro atoms. The van der Waals surface area contributed by atoms with E-state index in [0.717, 1.165) is 51.0 Å². The molecule has 0 unspecified atom stereocenters. The SMILES string of the molecule is CCOC(=O)c1c(Br)c2c(n1Cc1ccc(C)cc1)-c1[nH]c(=O)c(-c3ccccc3)cc1CC2. The Morgan fingerprint density at radius 2 is 1.82 bits per heavy atom. The number of nitrogens with one attached hydrogen (secondary N) is 1. The summed E-state index contributed by atoms with van der Waals surface area (Å²) in [4.78, 5) is 29.3. The molecule has 0 amide bonds. The minimum absolute atomic E-state index is 0.144. The van der Waals surface area contributed by atoms with Crippen LogP contribution in [-0.2, 0) is 24.1 Å². The number of aromatic amines is 1. The highest BCUT2D eigenvalue weighted by atomic mass is 79.9. The van der Waals surface area contributed by atoms with Gasteiger partial charge in [-0.1, -0.05) is 60.2 Å². The van der Waals surface area contributed by atoms with Crippen LogP contribution in [0, 0.1) is 6.92 Å². The van der Waals surface area contributed by atoms with E-state index in [1.54, 1.807) is 6.92 Å². The van der Waals surface area contributed by atoms with Gasteiger partial charge in [0, 0.05) is 12.1 Å². The van der Waals surface area contributed by atoms with Crippen molar-refractivity contribution in [3.05, 3.63) is 103 Å². The molecule has 0 aliphatic heterocycles. The quantitative estimate of drug-likeness (QED) is 0.335. The Kier molecular flexibility index (Phi) is 6.00. The topological polar surface area (TPSA) is 64.1 Å². The van der Waals surface area contributed by atoms with Crippen molar-refractivity contribution < 1.29 is 9.53 Å². The van der Waals surface area contributed by atoms with Gasteiger partial charge in [-0.2, -0.15) is 0 Å². The smallest absolute Gasteiger partial charge is 0.356 e. The van der Waals surface area contributed by atoms with Crippen molar-refractivity contribution in [3.63, 3.8) is 0 Å². The van der Waals surface area contributed by atoms with Gasteiger partial charge in [-0.3, -0.25) is 4.79 Å². The van der Waals surface area contributed by atoms with E-state index in [1.165, 1.54) is 5.56 Å². The minimum Gasteiger partial charge on any atom is -0.461 e. The molecule has 0 radical (unpaired) electrons. The first-order valence-corrected chi connectivity index (χ1v) is 12.2. The fourth-order valence-electron chi connectivity index (χ4n) is 4.66. The second-order valence-corrected chi connectivity index (χ2v) is 9.35. The number of hydrogen-bond acceptors (Lipinski definition) is 3. The third kappa shape index (κ3) is 3.92. The van der Waals surface area contributed by atoms with Crippen LogP contribution >= 0.6 is 15.9 Å². The van der Waals surface area contributed by atoms with Crippen LogP contribution < -0.4 is 5.56 Å². The first-order chi connectivity index (χ1) is 16.5. The Balaban J connectivity index is 1.71. The van der Waals surface area contributed by atoms with Crippen molar-refractivity contribution in [2.24, 2.45) is 0 Å². The van der Waals surface area contributed by atoms with Gasteiger partial charge in [-0.25, -0.2) is 4.79 Å². The lowest BCUT2D eigenvalue weighted by Crippen LogP contribution is -2.19. The highest BCUT2D eigenvalue weighted by Gasteiger charge is 2.32. The normalized spacial score (nSPS) is 12.2. The number of aromatic nitrogens is 2. The molecule has 0 atom stereocenters. The summed E-state index contributed by atoms with van der Waals surface area (Å²) in [6.45, 7) is 4.63. The second kappa shape index (κ2) is 9.11. The molecular weight excluding hydrogens is 492 g/mol. The summed E-state index contributed by atoms with van der Waals surface area (Å²) in [7, 11) is 0. The predicted octanol–water partition coefficient (Wildman–Crippen LogP) is 5.90. The largest absolute Gasteiger partial charge is 0.461 e. The fraction of sp³-hybridized carbons (Fsp3) is 0.214. The zero-order valence-corrected chi connectivity index (χ0v) is 20.7. The molecule has 2 aromatic carbocycles. The maximum atomic E-state index is 13.2. The summed E-state index contributed by atoms with van der Waals surface area (Å²) in [6.07, 6.45) is 1.53. The molecule has 0 fully saturated rings. The van der Waals surface area contributed by atoms with Crippen LogP contribution in [0.5, 0.6) is 0 Å². The number of hydrogen-bond donors (Lipinski definition) is 1. The summed E-state index contributed by atoms with van der Waals surface area (Å²) < 4.78 is 8.14. The minimum atomic E-state index is -0.374. The molecule has 172 valence electrons. The van der Waals surface area contributed by atoms with E-state index >= 15 is 0 Å². The lowest BCUT2D eigenvalue weighted by atomic mass is 9.92. The third-order valence-electron chi connectivity index (χ3n) is 6.32. The van der Waals surface area contributed by atoms with Crippen LogP contribution in [0.2, 0.25) is 0 Å². The number of esters is 1. The lowest BCUT2D eigenvalue weighted by Gasteiger charge is -2.21. The van der Waals surface area contributed by atoms with Crippen molar-refractivity contribution in [2.75, 3.05) is 6.61 Å². The zero-order chi connectivity index (χ0) is 23.8. The molecule has 0 bridgehead atoms. The fourth-order valence-corrected chi connectivity index (χ4v) is 5.42. The summed E-state index contributed by atoms with van der Waals surface area (Å²) in [5.41, 5.74) is 7.85. The maximum Gasteiger partial charge on any atom is 0.356 e. The van der Waals surface area contributed by atoms with E-state index in [1.807, 2.05) is 47.9 Å². The number of H-pyrrole nitrogens is 1. The van der Waals surface area contributed by atoms with E-state index in [4.69, 9.17) is 4.74 Å². The summed E-state index contributed by atoms with van der Waals surface area (Å²) in [5.74, 6) is -0.374. The van der Waals surface area contributed by atoms with Gasteiger partial charge in [-0.15, -0.1) is 0 Å². The monoisotopic (exact) mass is 516 g/mol. The van der Waals surface area contributed by atoms with Crippen LogP contribution in [0.1, 0.15) is 39.7 Å². The molecule has 0 saturated carbocycles. The average Bonchev–Trinajstić information content (AvgIpc) is 3.12. The number of pyridine rings is 1. The number of halogens is 1. The van der Waals surface area contributed by atoms with Gasteiger partial charge in [0.25, 0.3) is 5.56 Å². The number of carbonyl (C=O) groups is 1. The number of aryl methyl sites for hydroxylation is 2. The lowest BCUT2D eigenvalue weighted by molar-refractivity contribution is 0.0513. The van der Waals surface area contributed by atoms with Crippen molar-refractivity contribution >= 4 is 21.9 Å². The maximum absolute atomic E-state index is 13.2. The number of rotatable bonds is 5. The van der Waals surface area contributed by atoms with Gasteiger partial charge < -0.3 is 14.3 Å². The van der Waals surface area contributed by atoms with Crippen LogP contribution in [0.4, 0.5) is 0 Å². The number of fused-ring (bicyclic) bond motifs is 3. The molecule has 1 aliphatic carbocycles. The number of carbonyl (C=O) groups excluding carboxylic acids is 1. The van der Waals surface area contributed by atoms with E-state index in [-0.39, 0.29) is 11.5 Å². The van der Waals surface area contributed by atoms with Gasteiger partial charge in [0.2, 0.25) is 0 Å². The Bertz CT molecular complexity index is 1430. The summed E-state index contributed by atoms with van der Waals surface area (Å²) in [6, 6.07) is 19.9. The Labute approximate surface area is 206 Å². The first-order valence-electron chi connectivity index (χ1n) is 11.4. The van der Waals surface area contributed by atoms with Gasteiger partial charge >= 0.3 is 5.97 Å². The van der Waals surface area contributed by atoms with E-state index in [2.05, 4.69) is 45.2 Å².